The molecule has 3 atom stereocenters. The second-order valence-electron chi connectivity index (χ2n) is 3.81. The van der Waals surface area contributed by atoms with Crippen molar-refractivity contribution < 1.29 is 9.53 Å². The lowest BCUT2D eigenvalue weighted by molar-refractivity contribution is -0.145. The molecule has 0 radical (unpaired) electrons. The van der Waals surface area contributed by atoms with Gasteiger partial charge >= 0.3 is 5.97 Å². The van der Waals surface area contributed by atoms with Crippen LogP contribution in [0.4, 0.5) is 0 Å². The van der Waals surface area contributed by atoms with Gasteiger partial charge in [0, 0.05) is 5.25 Å². The van der Waals surface area contributed by atoms with Gasteiger partial charge in [-0.2, -0.15) is 11.8 Å². The van der Waals surface area contributed by atoms with Crippen molar-refractivity contribution in [2.24, 2.45) is 11.8 Å². The van der Waals surface area contributed by atoms with Crippen LogP contribution in [0.25, 0.3) is 0 Å². The quantitative estimate of drug-likeness (QED) is 0.652. The van der Waals surface area contributed by atoms with Crippen molar-refractivity contribution in [2.45, 2.75) is 31.4 Å². The van der Waals surface area contributed by atoms with Gasteiger partial charge in [0.15, 0.2) is 0 Å². The first kappa shape index (κ1) is 9.38. The summed E-state index contributed by atoms with van der Waals surface area (Å²) in [6, 6.07) is 0. The van der Waals surface area contributed by atoms with Gasteiger partial charge in [-0.15, -0.1) is 0 Å². The zero-order valence-corrected chi connectivity index (χ0v) is 8.81. The van der Waals surface area contributed by atoms with E-state index in [1.165, 1.54) is 18.6 Å². The summed E-state index contributed by atoms with van der Waals surface area (Å²) in [6.45, 7) is 2.40. The molecule has 1 saturated heterocycles. The van der Waals surface area contributed by atoms with Gasteiger partial charge in [0.2, 0.25) is 0 Å². The molecule has 2 nitrogen and oxygen atoms in total. The second kappa shape index (κ2) is 3.91. The normalized spacial score (nSPS) is 37.5. The van der Waals surface area contributed by atoms with Crippen molar-refractivity contribution >= 4 is 17.7 Å². The molecule has 0 N–H and O–H groups in total. The van der Waals surface area contributed by atoms with E-state index in [4.69, 9.17) is 4.74 Å². The number of esters is 1. The van der Waals surface area contributed by atoms with E-state index < -0.39 is 0 Å². The average molecular weight is 200 g/mol. The van der Waals surface area contributed by atoms with Gasteiger partial charge in [-0.1, -0.05) is 0 Å². The minimum atomic E-state index is 0.0417. The fraction of sp³-hybridized carbons (Fsp3) is 0.900. The molecule has 1 saturated carbocycles. The highest BCUT2D eigenvalue weighted by atomic mass is 32.2. The Morgan fingerprint density at radius 2 is 2.46 bits per heavy atom. The predicted octanol–water partition coefficient (Wildman–Crippen LogP) is 2.08. The van der Waals surface area contributed by atoms with Crippen LogP contribution in [0.2, 0.25) is 0 Å². The van der Waals surface area contributed by atoms with Crippen LogP contribution < -0.4 is 0 Å². The molecular weight excluding hydrogens is 184 g/mol. The summed E-state index contributed by atoms with van der Waals surface area (Å²) >= 11 is 2.04. The van der Waals surface area contributed by atoms with Gasteiger partial charge in [-0.3, -0.25) is 4.79 Å². The van der Waals surface area contributed by atoms with Gasteiger partial charge in [-0.25, -0.2) is 0 Å². The van der Waals surface area contributed by atoms with Gasteiger partial charge in [0.1, 0.15) is 0 Å². The van der Waals surface area contributed by atoms with Gasteiger partial charge < -0.3 is 4.74 Å². The highest BCUT2D eigenvalue weighted by Crippen LogP contribution is 2.50. The first-order valence-corrected chi connectivity index (χ1v) is 6.16. The minimum absolute atomic E-state index is 0.0417. The Labute approximate surface area is 83.4 Å². The Kier molecular flexibility index (Phi) is 2.82. The van der Waals surface area contributed by atoms with E-state index in [1.54, 1.807) is 0 Å². The smallest absolute Gasteiger partial charge is 0.309 e. The highest BCUT2D eigenvalue weighted by molar-refractivity contribution is 8.00. The van der Waals surface area contributed by atoms with Crippen molar-refractivity contribution in [3.63, 3.8) is 0 Å². The topological polar surface area (TPSA) is 26.3 Å². The third-order valence-electron chi connectivity index (χ3n) is 2.87. The number of ether oxygens (including phenoxy) is 1. The molecule has 74 valence electrons. The van der Waals surface area contributed by atoms with Crippen molar-refractivity contribution in [1.29, 1.82) is 0 Å². The Balaban J connectivity index is 1.77. The summed E-state index contributed by atoms with van der Waals surface area (Å²) in [5.41, 5.74) is 0. The van der Waals surface area contributed by atoms with Crippen LogP contribution in [-0.2, 0) is 9.53 Å². The van der Waals surface area contributed by atoms with E-state index >= 15 is 0 Å². The average Bonchev–Trinajstić information content (AvgIpc) is 2.74. The maximum Gasteiger partial charge on any atom is 0.309 e. The number of carbonyl (C=O) groups excluding carboxylic acids is 1. The molecular formula is C10H16O2S. The number of hydrogen-bond acceptors (Lipinski definition) is 3. The first-order valence-electron chi connectivity index (χ1n) is 5.11. The summed E-state index contributed by atoms with van der Waals surface area (Å²) in [5.74, 6) is 2.22. The van der Waals surface area contributed by atoms with Crippen LogP contribution in [0.3, 0.4) is 0 Å². The molecule has 2 fully saturated rings. The van der Waals surface area contributed by atoms with E-state index in [2.05, 4.69) is 0 Å². The first-order chi connectivity index (χ1) is 6.33. The van der Waals surface area contributed by atoms with E-state index in [9.17, 15) is 4.79 Å². The Morgan fingerprint density at radius 1 is 1.62 bits per heavy atom. The highest BCUT2D eigenvalue weighted by Gasteiger charge is 2.49. The number of thioether (sulfide) groups is 1. The summed E-state index contributed by atoms with van der Waals surface area (Å²) < 4.78 is 5.01. The molecule has 13 heavy (non-hydrogen) atoms. The molecule has 1 aliphatic heterocycles. The maximum atomic E-state index is 11.3. The van der Waals surface area contributed by atoms with Crippen molar-refractivity contribution in [3.05, 3.63) is 0 Å². The number of carbonyl (C=O) groups is 1. The molecule has 0 bridgehead atoms. The summed E-state index contributed by atoms with van der Waals surface area (Å²) in [6.07, 6.45) is 3.73. The van der Waals surface area contributed by atoms with Gasteiger partial charge in [0.25, 0.3) is 0 Å². The molecule has 2 aliphatic rings. The van der Waals surface area contributed by atoms with E-state index in [0.29, 0.717) is 12.5 Å². The van der Waals surface area contributed by atoms with Crippen LogP contribution in [0.1, 0.15) is 26.2 Å². The van der Waals surface area contributed by atoms with Crippen molar-refractivity contribution in [3.8, 4) is 0 Å². The Morgan fingerprint density at radius 3 is 3.08 bits per heavy atom. The molecule has 0 spiro atoms. The lowest BCUT2D eigenvalue weighted by Crippen LogP contribution is -2.11. The maximum absolute atomic E-state index is 11.3. The van der Waals surface area contributed by atoms with Crippen molar-refractivity contribution in [2.75, 3.05) is 12.4 Å². The van der Waals surface area contributed by atoms with Crippen LogP contribution in [-0.4, -0.2) is 23.6 Å². The second-order valence-corrected chi connectivity index (χ2v) is 5.16. The van der Waals surface area contributed by atoms with Crippen LogP contribution in [0.5, 0.6) is 0 Å². The molecule has 3 heteroatoms. The largest absolute Gasteiger partial charge is 0.466 e. The van der Waals surface area contributed by atoms with E-state index in [1.807, 2.05) is 18.7 Å². The zero-order chi connectivity index (χ0) is 9.26. The third kappa shape index (κ3) is 2.01. The monoisotopic (exact) mass is 200 g/mol. The predicted molar refractivity (Wildman–Crippen MR) is 53.7 cm³/mol. The van der Waals surface area contributed by atoms with E-state index in [0.717, 1.165) is 11.7 Å². The standard InChI is InChI=1S/C10H16O2S/c1-2-12-10(11)8-6-7(8)9-4-3-5-13-9/h7-9H,2-6H2,1H3. The minimum Gasteiger partial charge on any atom is -0.466 e. The van der Waals surface area contributed by atoms with Gasteiger partial charge in [-0.05, 0) is 37.9 Å². The van der Waals surface area contributed by atoms with Crippen LogP contribution >= 0.6 is 11.8 Å². The molecule has 0 aromatic carbocycles. The van der Waals surface area contributed by atoms with Crippen LogP contribution in [0, 0.1) is 11.8 Å². The summed E-state index contributed by atoms with van der Waals surface area (Å²) in [7, 11) is 0. The fourth-order valence-corrected chi connectivity index (χ4v) is 3.60. The SMILES string of the molecule is CCOC(=O)C1CC1C1CCCS1. The Bertz CT molecular complexity index is 199. The molecule has 0 amide bonds. The summed E-state index contributed by atoms with van der Waals surface area (Å²) in [5, 5.41) is 0.759. The van der Waals surface area contributed by atoms with E-state index in [-0.39, 0.29) is 11.9 Å². The zero-order valence-electron chi connectivity index (χ0n) is 7.99. The fourth-order valence-electron chi connectivity index (χ4n) is 2.09. The van der Waals surface area contributed by atoms with Crippen LogP contribution in [0.15, 0.2) is 0 Å². The van der Waals surface area contributed by atoms with Gasteiger partial charge in [0.05, 0.1) is 12.5 Å². The summed E-state index contributed by atoms with van der Waals surface area (Å²) in [4.78, 5) is 11.3. The number of rotatable bonds is 3. The molecule has 0 aromatic rings. The molecule has 3 unspecified atom stereocenters. The Hall–Kier alpha value is -0.180. The third-order valence-corrected chi connectivity index (χ3v) is 4.41. The number of hydrogen-bond donors (Lipinski definition) is 0. The molecule has 0 aromatic heterocycles. The molecule has 2 rings (SSSR count). The molecule has 1 aliphatic carbocycles. The molecule has 1 heterocycles. The van der Waals surface area contributed by atoms with Crippen molar-refractivity contribution in [1.82, 2.24) is 0 Å². The lowest BCUT2D eigenvalue weighted by atomic mass is 10.1. The lowest BCUT2D eigenvalue weighted by Gasteiger charge is -2.06.